The molecule has 0 unspecified atom stereocenters. The number of carbonyl (C=O) groups is 1. The van der Waals surface area contributed by atoms with Crippen LogP contribution in [0.2, 0.25) is 0 Å². The Balaban J connectivity index is 2.13. The molecule has 7 heteroatoms. The summed E-state index contributed by atoms with van der Waals surface area (Å²) in [6.45, 7) is 0. The first kappa shape index (κ1) is 15.8. The zero-order chi connectivity index (χ0) is 17.3. The van der Waals surface area contributed by atoms with E-state index < -0.39 is 0 Å². The summed E-state index contributed by atoms with van der Waals surface area (Å²) >= 11 is 0. The van der Waals surface area contributed by atoms with Crippen LogP contribution in [0.1, 0.15) is 10.5 Å². The van der Waals surface area contributed by atoms with E-state index in [1.165, 1.54) is 4.90 Å². The maximum Gasteiger partial charge on any atom is 0.273 e. The fraction of sp³-hybridized carbons (Fsp3) is 0.235. The number of aromatic nitrogens is 4. The molecule has 24 heavy (non-hydrogen) atoms. The second-order valence-electron chi connectivity index (χ2n) is 5.65. The monoisotopic (exact) mass is 325 g/mol. The topological polar surface area (TPSA) is 65.2 Å². The van der Waals surface area contributed by atoms with Gasteiger partial charge in [0.25, 0.3) is 5.91 Å². The van der Waals surface area contributed by atoms with Crippen molar-refractivity contribution in [1.29, 1.82) is 0 Å². The van der Waals surface area contributed by atoms with Gasteiger partial charge in [-0.05, 0) is 18.2 Å². The van der Waals surface area contributed by atoms with Gasteiger partial charge in [0.2, 0.25) is 5.88 Å². The minimum absolute atomic E-state index is 0.146. The Bertz CT molecular complexity index is 861. The van der Waals surface area contributed by atoms with Crippen LogP contribution in [0.4, 0.5) is 0 Å². The fourth-order valence-electron chi connectivity index (χ4n) is 2.39. The second kappa shape index (κ2) is 6.19. The Morgan fingerprint density at radius 1 is 1.25 bits per heavy atom. The van der Waals surface area contributed by atoms with Crippen molar-refractivity contribution in [2.75, 3.05) is 21.2 Å². The van der Waals surface area contributed by atoms with Gasteiger partial charge in [-0.1, -0.05) is 0 Å². The lowest BCUT2D eigenvalue weighted by molar-refractivity contribution is 0.0821. The van der Waals surface area contributed by atoms with Gasteiger partial charge in [0.1, 0.15) is 0 Å². The number of nitrogens with zero attached hydrogens (tertiary/aromatic N) is 5. The number of hydrogen-bond donors (Lipinski definition) is 0. The molecule has 0 fully saturated rings. The lowest BCUT2D eigenvalue weighted by Crippen LogP contribution is -2.22. The molecule has 7 nitrogen and oxygen atoms in total. The van der Waals surface area contributed by atoms with E-state index in [1.807, 2.05) is 36.1 Å². The highest BCUT2D eigenvalue weighted by molar-refractivity contribution is 5.93. The first-order chi connectivity index (χ1) is 11.5. The summed E-state index contributed by atoms with van der Waals surface area (Å²) in [7, 11) is 6.93. The van der Waals surface area contributed by atoms with Gasteiger partial charge in [-0.15, -0.1) is 0 Å². The predicted molar refractivity (Wildman–Crippen MR) is 90.3 cm³/mol. The van der Waals surface area contributed by atoms with E-state index in [2.05, 4.69) is 10.1 Å². The highest BCUT2D eigenvalue weighted by Gasteiger charge is 2.18. The normalized spacial score (nSPS) is 10.7. The van der Waals surface area contributed by atoms with Crippen LogP contribution in [-0.4, -0.2) is 51.3 Å². The smallest absolute Gasteiger partial charge is 0.273 e. The number of amides is 1. The molecule has 0 aliphatic heterocycles. The van der Waals surface area contributed by atoms with Gasteiger partial charge in [-0.25, -0.2) is 9.67 Å². The Morgan fingerprint density at radius 3 is 2.58 bits per heavy atom. The van der Waals surface area contributed by atoms with Crippen molar-refractivity contribution in [2.45, 2.75) is 0 Å². The molecular formula is C17H19N5O2. The standard InChI is InChI=1S/C17H19N5O2/c1-20(2)17(23)14-9-15(12-7-8-21(3)11-12)22(19-14)13-5-6-16(24-4)18-10-13/h5-11H,1-4H3. The van der Waals surface area contributed by atoms with E-state index >= 15 is 0 Å². The Kier molecular flexibility index (Phi) is 4.07. The first-order valence-electron chi connectivity index (χ1n) is 7.44. The summed E-state index contributed by atoms with van der Waals surface area (Å²) < 4.78 is 8.76. The molecule has 0 N–H and O–H groups in total. The highest BCUT2D eigenvalue weighted by Crippen LogP contribution is 2.25. The highest BCUT2D eigenvalue weighted by atomic mass is 16.5. The van der Waals surface area contributed by atoms with E-state index in [0.717, 1.165) is 16.9 Å². The van der Waals surface area contributed by atoms with Crippen LogP contribution in [0.5, 0.6) is 5.88 Å². The van der Waals surface area contributed by atoms with Crippen LogP contribution < -0.4 is 4.74 Å². The first-order valence-corrected chi connectivity index (χ1v) is 7.44. The zero-order valence-corrected chi connectivity index (χ0v) is 14.1. The average Bonchev–Trinajstić information content (AvgIpc) is 3.20. The van der Waals surface area contributed by atoms with E-state index in [-0.39, 0.29) is 5.91 Å². The molecule has 0 aliphatic carbocycles. The third-order valence-corrected chi connectivity index (χ3v) is 3.64. The van der Waals surface area contributed by atoms with E-state index in [4.69, 9.17) is 4.74 Å². The minimum atomic E-state index is -0.146. The minimum Gasteiger partial charge on any atom is -0.481 e. The van der Waals surface area contributed by atoms with E-state index in [1.54, 1.807) is 44.2 Å². The SMILES string of the molecule is COc1ccc(-n2nc(C(=O)N(C)C)cc2-c2ccn(C)c2)cn1. The van der Waals surface area contributed by atoms with Crippen molar-refractivity contribution in [1.82, 2.24) is 24.2 Å². The predicted octanol–water partition coefficient (Wildman–Crippen LogP) is 1.98. The second-order valence-corrected chi connectivity index (χ2v) is 5.65. The molecule has 1 amide bonds. The van der Waals surface area contributed by atoms with Gasteiger partial charge in [-0.2, -0.15) is 5.10 Å². The van der Waals surface area contributed by atoms with Crippen molar-refractivity contribution in [3.63, 3.8) is 0 Å². The third kappa shape index (κ3) is 2.88. The summed E-state index contributed by atoms with van der Waals surface area (Å²) in [5, 5.41) is 4.48. The third-order valence-electron chi connectivity index (χ3n) is 3.64. The van der Waals surface area contributed by atoms with Crippen molar-refractivity contribution >= 4 is 5.91 Å². The summed E-state index contributed by atoms with van der Waals surface area (Å²) in [4.78, 5) is 18.0. The van der Waals surface area contributed by atoms with Crippen LogP contribution in [-0.2, 0) is 7.05 Å². The fourth-order valence-corrected chi connectivity index (χ4v) is 2.39. The molecule has 0 atom stereocenters. The lowest BCUT2D eigenvalue weighted by atomic mass is 10.2. The number of pyridine rings is 1. The molecule has 124 valence electrons. The molecular weight excluding hydrogens is 306 g/mol. The van der Waals surface area contributed by atoms with Crippen molar-refractivity contribution in [3.8, 4) is 22.8 Å². The number of methoxy groups -OCH3 is 1. The largest absolute Gasteiger partial charge is 0.481 e. The van der Waals surface area contributed by atoms with Crippen LogP contribution in [0.3, 0.4) is 0 Å². The van der Waals surface area contributed by atoms with Crippen LogP contribution in [0, 0.1) is 0 Å². The molecule has 3 aromatic rings. The summed E-state index contributed by atoms with van der Waals surface area (Å²) in [6, 6.07) is 7.39. The van der Waals surface area contributed by atoms with Gasteiger partial charge in [-0.3, -0.25) is 4.79 Å². The summed E-state index contributed by atoms with van der Waals surface area (Å²) in [5.74, 6) is 0.379. The van der Waals surface area contributed by atoms with Gasteiger partial charge in [0, 0.05) is 45.2 Å². The van der Waals surface area contributed by atoms with Gasteiger partial charge < -0.3 is 14.2 Å². The number of rotatable bonds is 4. The molecule has 0 saturated carbocycles. The van der Waals surface area contributed by atoms with E-state index in [0.29, 0.717) is 11.6 Å². The number of hydrogen-bond acceptors (Lipinski definition) is 4. The van der Waals surface area contributed by atoms with E-state index in [9.17, 15) is 4.79 Å². The molecule has 0 spiro atoms. The zero-order valence-electron chi connectivity index (χ0n) is 14.1. The number of carbonyl (C=O) groups excluding carboxylic acids is 1. The maximum atomic E-state index is 12.3. The Hall–Kier alpha value is -3.09. The van der Waals surface area contributed by atoms with Gasteiger partial charge in [0.05, 0.1) is 24.7 Å². The molecule has 0 radical (unpaired) electrons. The lowest BCUT2D eigenvalue weighted by Gasteiger charge is -2.07. The molecule has 0 saturated heterocycles. The summed E-state index contributed by atoms with van der Waals surface area (Å²) in [6.07, 6.45) is 5.60. The van der Waals surface area contributed by atoms with Crippen molar-refractivity contribution < 1.29 is 9.53 Å². The molecule has 0 aliphatic rings. The molecule has 3 heterocycles. The molecule has 3 rings (SSSR count). The van der Waals surface area contributed by atoms with Crippen LogP contribution in [0.25, 0.3) is 16.9 Å². The quantitative estimate of drug-likeness (QED) is 0.736. The van der Waals surface area contributed by atoms with Crippen molar-refractivity contribution in [3.05, 3.63) is 48.5 Å². The van der Waals surface area contributed by atoms with Gasteiger partial charge >= 0.3 is 0 Å². The Morgan fingerprint density at radius 2 is 2.04 bits per heavy atom. The van der Waals surface area contributed by atoms with Crippen LogP contribution in [0.15, 0.2) is 42.9 Å². The maximum absolute atomic E-state index is 12.3. The summed E-state index contributed by atoms with van der Waals surface area (Å²) in [5.41, 5.74) is 2.94. The Labute approximate surface area is 140 Å². The van der Waals surface area contributed by atoms with Crippen LogP contribution >= 0.6 is 0 Å². The van der Waals surface area contributed by atoms with Crippen molar-refractivity contribution in [2.24, 2.45) is 7.05 Å². The molecule has 0 aromatic carbocycles. The molecule has 3 aromatic heterocycles. The number of ether oxygens (including phenoxy) is 1. The average molecular weight is 325 g/mol. The molecule has 0 bridgehead atoms. The number of aryl methyl sites for hydroxylation is 1. The van der Waals surface area contributed by atoms with Gasteiger partial charge in [0.15, 0.2) is 5.69 Å².